The van der Waals surface area contributed by atoms with Crippen LogP contribution in [0.5, 0.6) is 0 Å². The van der Waals surface area contributed by atoms with Crippen molar-refractivity contribution in [1.29, 1.82) is 0 Å². The van der Waals surface area contributed by atoms with Gasteiger partial charge >= 0.3 is 0 Å². The van der Waals surface area contributed by atoms with Crippen molar-refractivity contribution in [2.45, 2.75) is 38.7 Å². The van der Waals surface area contributed by atoms with Gasteiger partial charge in [0.05, 0.1) is 12.6 Å². The molecule has 3 rings (SSSR count). The molecule has 1 amide bonds. The lowest BCUT2D eigenvalue weighted by Crippen LogP contribution is -2.50. The molecule has 1 N–H and O–H groups in total. The van der Waals surface area contributed by atoms with Gasteiger partial charge in [-0.1, -0.05) is 25.1 Å². The van der Waals surface area contributed by atoms with Gasteiger partial charge in [-0.25, -0.2) is 0 Å². The fourth-order valence-corrected chi connectivity index (χ4v) is 3.71. The molecule has 5 nitrogen and oxygen atoms in total. The Bertz CT molecular complexity index is 550. The number of rotatable bonds is 6. The number of hydrogen-bond donors (Lipinski definition) is 1. The Morgan fingerprint density at radius 2 is 1.92 bits per heavy atom. The molecule has 2 fully saturated rings. The molecule has 0 aliphatic carbocycles. The predicted molar refractivity (Wildman–Crippen MR) is 101 cm³/mol. The molecule has 5 heteroatoms. The first kappa shape index (κ1) is 18.4. The quantitative estimate of drug-likeness (QED) is 0.860. The van der Waals surface area contributed by atoms with Gasteiger partial charge in [-0.15, -0.1) is 0 Å². The molecule has 1 aromatic rings. The third-order valence-electron chi connectivity index (χ3n) is 5.24. The molecule has 2 saturated heterocycles. The van der Waals surface area contributed by atoms with Crippen LogP contribution >= 0.6 is 0 Å². The van der Waals surface area contributed by atoms with Crippen molar-refractivity contribution in [3.8, 4) is 0 Å². The van der Waals surface area contributed by atoms with Crippen molar-refractivity contribution in [2.24, 2.45) is 0 Å². The van der Waals surface area contributed by atoms with Crippen molar-refractivity contribution in [3.63, 3.8) is 0 Å². The summed E-state index contributed by atoms with van der Waals surface area (Å²) in [5.74, 6) is 0.0879. The molecule has 0 unspecified atom stereocenters. The van der Waals surface area contributed by atoms with E-state index in [1.165, 1.54) is 24.8 Å². The highest BCUT2D eigenvalue weighted by molar-refractivity contribution is 5.93. The molecule has 2 heterocycles. The first-order valence-electron chi connectivity index (χ1n) is 9.68. The molecule has 1 atom stereocenters. The third kappa shape index (κ3) is 5.53. The number of hydrogen-bond acceptors (Lipinski definition) is 4. The molecule has 0 aromatic heterocycles. The van der Waals surface area contributed by atoms with Gasteiger partial charge in [-0.05, 0) is 37.3 Å². The molecule has 0 spiro atoms. The molecular weight excluding hydrogens is 314 g/mol. The van der Waals surface area contributed by atoms with E-state index < -0.39 is 0 Å². The van der Waals surface area contributed by atoms with E-state index in [0.717, 1.165) is 51.4 Å². The van der Waals surface area contributed by atoms with Crippen LogP contribution in [0.25, 0.3) is 0 Å². The van der Waals surface area contributed by atoms with Crippen LogP contribution in [0.1, 0.15) is 31.7 Å². The van der Waals surface area contributed by atoms with Crippen LogP contribution in [0.4, 0.5) is 5.69 Å². The lowest BCUT2D eigenvalue weighted by atomic mass is 10.1. The van der Waals surface area contributed by atoms with E-state index in [-0.39, 0.29) is 5.91 Å². The summed E-state index contributed by atoms with van der Waals surface area (Å²) in [7, 11) is 0. The number of nitrogens with one attached hydrogen (secondary N) is 1. The highest BCUT2D eigenvalue weighted by Gasteiger charge is 2.23. The van der Waals surface area contributed by atoms with E-state index in [2.05, 4.69) is 28.1 Å². The minimum atomic E-state index is 0.0879. The Kier molecular flexibility index (Phi) is 6.84. The van der Waals surface area contributed by atoms with Gasteiger partial charge in [0, 0.05) is 45.0 Å². The summed E-state index contributed by atoms with van der Waals surface area (Å²) in [6.45, 7) is 8.52. The summed E-state index contributed by atoms with van der Waals surface area (Å²) < 4.78 is 5.84. The number of carbonyl (C=O) groups excluding carboxylic acids is 1. The summed E-state index contributed by atoms with van der Waals surface area (Å²) in [4.78, 5) is 17.1. The smallest absolute Gasteiger partial charge is 0.238 e. The second-order valence-electron chi connectivity index (χ2n) is 7.12. The summed E-state index contributed by atoms with van der Waals surface area (Å²) >= 11 is 0. The highest BCUT2D eigenvalue weighted by Crippen LogP contribution is 2.16. The maximum absolute atomic E-state index is 12.4. The number of anilines is 1. The third-order valence-corrected chi connectivity index (χ3v) is 5.24. The fourth-order valence-electron chi connectivity index (χ4n) is 3.71. The maximum atomic E-state index is 12.4. The zero-order chi connectivity index (χ0) is 17.5. The standard InChI is InChI=1S/C20H31N3O2/c1-2-17-7-3-4-9-19(17)21-20(24)16-23-12-10-22(11-13-23)15-18-8-5-6-14-25-18/h3-4,7,9,18H,2,5-6,8,10-16H2,1H3,(H,21,24)/t18-/m1/s1. The van der Waals surface area contributed by atoms with Crippen LogP contribution in [-0.4, -0.2) is 67.7 Å². The van der Waals surface area contributed by atoms with E-state index in [4.69, 9.17) is 4.74 Å². The lowest BCUT2D eigenvalue weighted by molar-refractivity contribution is -0.117. The fraction of sp³-hybridized carbons (Fsp3) is 0.650. The average Bonchev–Trinajstić information content (AvgIpc) is 2.64. The van der Waals surface area contributed by atoms with E-state index in [9.17, 15) is 4.79 Å². The van der Waals surface area contributed by atoms with Gasteiger partial charge in [0.15, 0.2) is 0 Å². The average molecular weight is 345 g/mol. The number of para-hydroxylation sites is 1. The van der Waals surface area contributed by atoms with Crippen molar-refractivity contribution < 1.29 is 9.53 Å². The summed E-state index contributed by atoms with van der Waals surface area (Å²) in [6, 6.07) is 8.05. The van der Waals surface area contributed by atoms with Crippen LogP contribution in [0, 0.1) is 0 Å². The normalized spacial score (nSPS) is 22.7. The Balaban J connectivity index is 1.40. The maximum Gasteiger partial charge on any atom is 0.238 e. The molecule has 1 aromatic carbocycles. The molecule has 0 saturated carbocycles. The van der Waals surface area contributed by atoms with Crippen LogP contribution in [0.15, 0.2) is 24.3 Å². The van der Waals surface area contributed by atoms with Gasteiger partial charge < -0.3 is 10.1 Å². The number of amides is 1. The molecule has 138 valence electrons. The Morgan fingerprint density at radius 1 is 1.16 bits per heavy atom. The lowest BCUT2D eigenvalue weighted by Gasteiger charge is -2.36. The van der Waals surface area contributed by atoms with Gasteiger partial charge in [-0.3, -0.25) is 14.6 Å². The Morgan fingerprint density at radius 3 is 2.64 bits per heavy atom. The van der Waals surface area contributed by atoms with Crippen LogP contribution in [-0.2, 0) is 16.0 Å². The molecule has 2 aliphatic heterocycles. The monoisotopic (exact) mass is 345 g/mol. The van der Waals surface area contributed by atoms with Gasteiger partial charge in [0.25, 0.3) is 0 Å². The Hall–Kier alpha value is -1.43. The van der Waals surface area contributed by atoms with Crippen molar-refractivity contribution in [1.82, 2.24) is 9.80 Å². The Labute approximate surface area is 151 Å². The van der Waals surface area contributed by atoms with E-state index >= 15 is 0 Å². The van der Waals surface area contributed by atoms with Gasteiger partial charge in [0.1, 0.15) is 0 Å². The minimum absolute atomic E-state index is 0.0879. The SMILES string of the molecule is CCc1ccccc1NC(=O)CN1CCN(C[C@H]2CCCCO2)CC1. The first-order chi connectivity index (χ1) is 12.2. The van der Waals surface area contributed by atoms with Gasteiger partial charge in [0.2, 0.25) is 5.91 Å². The second-order valence-corrected chi connectivity index (χ2v) is 7.12. The van der Waals surface area contributed by atoms with Crippen LogP contribution < -0.4 is 5.32 Å². The van der Waals surface area contributed by atoms with E-state index in [0.29, 0.717) is 12.6 Å². The molecule has 25 heavy (non-hydrogen) atoms. The number of carbonyl (C=O) groups is 1. The summed E-state index contributed by atoms with van der Waals surface area (Å²) in [5, 5.41) is 3.07. The predicted octanol–water partition coefficient (Wildman–Crippen LogP) is 2.37. The van der Waals surface area contributed by atoms with Crippen LogP contribution in [0.3, 0.4) is 0 Å². The first-order valence-corrected chi connectivity index (χ1v) is 9.68. The highest BCUT2D eigenvalue weighted by atomic mass is 16.5. The largest absolute Gasteiger partial charge is 0.377 e. The summed E-state index contributed by atoms with van der Waals surface area (Å²) in [6.07, 6.45) is 5.04. The molecule has 0 bridgehead atoms. The minimum Gasteiger partial charge on any atom is -0.377 e. The molecule has 2 aliphatic rings. The van der Waals surface area contributed by atoms with Crippen molar-refractivity contribution in [2.75, 3.05) is 51.2 Å². The number of ether oxygens (including phenoxy) is 1. The van der Waals surface area contributed by atoms with Gasteiger partial charge in [-0.2, -0.15) is 0 Å². The van der Waals surface area contributed by atoms with Crippen molar-refractivity contribution in [3.05, 3.63) is 29.8 Å². The zero-order valence-corrected chi connectivity index (χ0v) is 15.4. The van der Waals surface area contributed by atoms with E-state index in [1.807, 2.05) is 18.2 Å². The molecule has 0 radical (unpaired) electrons. The number of nitrogens with zero attached hydrogens (tertiary/aromatic N) is 2. The number of piperazine rings is 1. The second kappa shape index (κ2) is 9.32. The number of benzene rings is 1. The topological polar surface area (TPSA) is 44.8 Å². The zero-order valence-electron chi connectivity index (χ0n) is 15.4. The van der Waals surface area contributed by atoms with E-state index in [1.54, 1.807) is 0 Å². The number of aryl methyl sites for hydroxylation is 1. The molecular formula is C20H31N3O2. The van der Waals surface area contributed by atoms with Crippen LogP contribution in [0.2, 0.25) is 0 Å². The summed E-state index contributed by atoms with van der Waals surface area (Å²) in [5.41, 5.74) is 2.14. The van der Waals surface area contributed by atoms with Crippen molar-refractivity contribution >= 4 is 11.6 Å².